The Morgan fingerprint density at radius 2 is 1.97 bits per heavy atom. The van der Waals surface area contributed by atoms with Crippen molar-refractivity contribution in [2.45, 2.75) is 65.3 Å². The third-order valence-corrected chi connectivity index (χ3v) is 5.41. The highest BCUT2D eigenvalue weighted by Gasteiger charge is 2.26. The Kier molecular flexibility index (Phi) is 9.82. The molecule has 0 saturated heterocycles. The Bertz CT molecular complexity index is 1040. The maximum Gasteiger partial charge on any atom is 0.410 e. The summed E-state index contributed by atoms with van der Waals surface area (Å²) < 4.78 is 5.31. The van der Waals surface area contributed by atoms with Crippen LogP contribution in [0.3, 0.4) is 0 Å². The number of hydrogen-bond donors (Lipinski definition) is 4. The van der Waals surface area contributed by atoms with Crippen molar-refractivity contribution in [2.75, 3.05) is 18.9 Å². The van der Waals surface area contributed by atoms with Gasteiger partial charge >= 0.3 is 6.09 Å². The van der Waals surface area contributed by atoms with Crippen LogP contribution in [-0.2, 0) is 22.4 Å². The van der Waals surface area contributed by atoms with Gasteiger partial charge in [0.2, 0.25) is 5.91 Å². The lowest BCUT2D eigenvalue weighted by atomic mass is 10.1. The molecule has 0 fully saturated rings. The summed E-state index contributed by atoms with van der Waals surface area (Å²) in [5.74, 6) is -0.0122. The van der Waals surface area contributed by atoms with E-state index in [1.165, 1.54) is 11.9 Å². The van der Waals surface area contributed by atoms with Gasteiger partial charge in [-0.05, 0) is 58.2 Å². The van der Waals surface area contributed by atoms with Crippen molar-refractivity contribution >= 4 is 35.1 Å². The van der Waals surface area contributed by atoms with Gasteiger partial charge in [-0.15, -0.1) is 0 Å². The van der Waals surface area contributed by atoms with E-state index in [9.17, 15) is 14.7 Å². The van der Waals surface area contributed by atoms with E-state index in [1.807, 2.05) is 31.2 Å². The van der Waals surface area contributed by atoms with E-state index in [0.29, 0.717) is 30.8 Å². The Morgan fingerprint density at radius 1 is 1.29 bits per heavy atom. The zero-order chi connectivity index (χ0) is 26.3. The minimum atomic E-state index is -1.31. The fraction of sp³-hybridized carbons (Fsp3) is 0.500. The fourth-order valence-corrected chi connectivity index (χ4v) is 3.33. The van der Waals surface area contributed by atoms with Crippen LogP contribution in [0, 0.1) is 0 Å². The second-order valence-electron chi connectivity index (χ2n) is 9.13. The molecular formula is C24H35ClN6O4. The average Bonchev–Trinajstić information content (AvgIpc) is 2.77. The summed E-state index contributed by atoms with van der Waals surface area (Å²) in [6, 6.07) is 6.81. The van der Waals surface area contributed by atoms with Crippen molar-refractivity contribution in [2.24, 2.45) is 5.73 Å². The maximum absolute atomic E-state index is 12.5. The van der Waals surface area contributed by atoms with Gasteiger partial charge in [-0.25, -0.2) is 14.8 Å². The number of aryl methyl sites for hydroxylation is 1. The first-order valence-corrected chi connectivity index (χ1v) is 11.8. The lowest BCUT2D eigenvalue weighted by Gasteiger charge is -2.28. The molecular weight excluding hydrogens is 472 g/mol. The monoisotopic (exact) mass is 506 g/mol. The number of hydrogen-bond acceptors (Lipinski definition) is 8. The SMILES string of the molecule is CCc1nc(C(N)O)c(Nc2cccc(CCNC(=O)[C@H](C)N(C)C(=O)OC(C)(C)C)c2)nc1Cl. The molecule has 10 nitrogen and oxygen atoms in total. The van der Waals surface area contributed by atoms with Crippen molar-refractivity contribution in [1.29, 1.82) is 0 Å². The summed E-state index contributed by atoms with van der Waals surface area (Å²) in [5.41, 5.74) is 7.41. The molecule has 192 valence electrons. The number of amides is 2. The first kappa shape index (κ1) is 28.3. The summed E-state index contributed by atoms with van der Waals surface area (Å²) in [6.07, 6.45) is -0.764. The number of benzene rings is 1. The smallest absolute Gasteiger partial charge is 0.410 e. The minimum absolute atomic E-state index is 0.201. The van der Waals surface area contributed by atoms with Crippen LogP contribution in [0.1, 0.15) is 57.8 Å². The predicted octanol–water partition coefficient (Wildman–Crippen LogP) is 3.30. The van der Waals surface area contributed by atoms with Crippen LogP contribution in [0.2, 0.25) is 5.15 Å². The number of halogens is 1. The second-order valence-corrected chi connectivity index (χ2v) is 9.48. The fourth-order valence-electron chi connectivity index (χ4n) is 3.07. The molecule has 0 spiro atoms. The number of nitrogens with two attached hydrogens (primary N) is 1. The number of aliphatic hydroxyl groups is 1. The molecule has 1 aromatic carbocycles. The number of aromatic nitrogens is 2. The van der Waals surface area contributed by atoms with Gasteiger partial charge in [0, 0.05) is 19.3 Å². The van der Waals surface area contributed by atoms with Gasteiger partial charge in [-0.3, -0.25) is 9.69 Å². The Labute approximate surface area is 211 Å². The molecule has 35 heavy (non-hydrogen) atoms. The molecule has 1 heterocycles. The van der Waals surface area contributed by atoms with Gasteiger partial charge in [-0.2, -0.15) is 0 Å². The standard InChI is InChI=1S/C24H35ClN6O4/c1-7-17-19(25)30-21(18(29-17)20(26)32)28-16-10-8-9-15(13-16)11-12-27-22(33)14(2)31(6)23(34)35-24(3,4)5/h8-10,13-14,20,32H,7,11-12,26H2,1-6H3,(H,27,33)(H,28,30)/t14-,20?/m0/s1. The molecule has 2 aromatic rings. The molecule has 0 saturated carbocycles. The molecule has 0 bridgehead atoms. The zero-order valence-corrected chi connectivity index (χ0v) is 21.8. The highest BCUT2D eigenvalue weighted by atomic mass is 35.5. The van der Waals surface area contributed by atoms with Gasteiger partial charge < -0.3 is 26.2 Å². The van der Waals surface area contributed by atoms with Crippen LogP contribution in [0.5, 0.6) is 0 Å². The van der Waals surface area contributed by atoms with E-state index in [0.717, 1.165) is 5.56 Å². The van der Waals surface area contributed by atoms with E-state index < -0.39 is 24.0 Å². The van der Waals surface area contributed by atoms with Crippen LogP contribution in [0.25, 0.3) is 0 Å². The van der Waals surface area contributed by atoms with Gasteiger partial charge in [-0.1, -0.05) is 30.7 Å². The largest absolute Gasteiger partial charge is 0.444 e. The zero-order valence-electron chi connectivity index (χ0n) is 21.1. The highest BCUT2D eigenvalue weighted by Crippen LogP contribution is 2.25. The quantitative estimate of drug-likeness (QED) is 0.379. The first-order valence-electron chi connectivity index (χ1n) is 11.4. The first-order chi connectivity index (χ1) is 16.3. The average molecular weight is 507 g/mol. The van der Waals surface area contributed by atoms with Crippen molar-refractivity contribution < 1.29 is 19.4 Å². The summed E-state index contributed by atoms with van der Waals surface area (Å²) in [4.78, 5) is 34.6. The van der Waals surface area contributed by atoms with Gasteiger partial charge in [0.1, 0.15) is 23.6 Å². The maximum atomic E-state index is 12.5. The Morgan fingerprint density at radius 3 is 2.57 bits per heavy atom. The summed E-state index contributed by atoms with van der Waals surface area (Å²) in [6.45, 7) is 9.21. The summed E-state index contributed by atoms with van der Waals surface area (Å²) >= 11 is 6.19. The molecule has 1 aromatic heterocycles. The minimum Gasteiger partial charge on any atom is -0.444 e. The van der Waals surface area contributed by atoms with Crippen LogP contribution in [-0.4, -0.2) is 57.2 Å². The van der Waals surface area contributed by atoms with E-state index in [4.69, 9.17) is 22.1 Å². The molecule has 0 aliphatic heterocycles. The van der Waals surface area contributed by atoms with Gasteiger partial charge in [0.15, 0.2) is 11.0 Å². The number of carbonyl (C=O) groups excluding carboxylic acids is 2. The number of carbonyl (C=O) groups is 2. The van der Waals surface area contributed by atoms with Crippen LogP contribution in [0.4, 0.5) is 16.3 Å². The number of nitrogens with one attached hydrogen (secondary N) is 2. The number of anilines is 2. The molecule has 2 rings (SSSR count). The van der Waals surface area contributed by atoms with Crippen molar-refractivity contribution in [3.8, 4) is 0 Å². The van der Waals surface area contributed by atoms with Crippen molar-refractivity contribution in [3.63, 3.8) is 0 Å². The van der Waals surface area contributed by atoms with Gasteiger partial charge in [0.25, 0.3) is 0 Å². The molecule has 0 aliphatic carbocycles. The highest BCUT2D eigenvalue weighted by molar-refractivity contribution is 6.30. The molecule has 0 aliphatic rings. The molecule has 2 amide bonds. The molecule has 1 unspecified atom stereocenters. The molecule has 0 radical (unpaired) electrons. The molecule has 11 heteroatoms. The number of rotatable bonds is 9. The van der Waals surface area contributed by atoms with E-state index in [2.05, 4.69) is 20.6 Å². The third-order valence-electron chi connectivity index (χ3n) is 5.11. The second kappa shape index (κ2) is 12.1. The van der Waals surface area contributed by atoms with E-state index >= 15 is 0 Å². The predicted molar refractivity (Wildman–Crippen MR) is 135 cm³/mol. The number of likely N-dealkylation sites (N-methyl/N-ethyl adjacent to an activating group) is 1. The summed E-state index contributed by atoms with van der Waals surface area (Å²) in [5, 5.41) is 16.1. The third kappa shape index (κ3) is 8.34. The lowest BCUT2D eigenvalue weighted by molar-refractivity contribution is -0.125. The van der Waals surface area contributed by atoms with Crippen LogP contribution < -0.4 is 16.4 Å². The van der Waals surface area contributed by atoms with E-state index in [1.54, 1.807) is 27.7 Å². The molecule has 5 N–H and O–H groups in total. The Balaban J connectivity index is 2.00. The summed E-state index contributed by atoms with van der Waals surface area (Å²) in [7, 11) is 1.53. The van der Waals surface area contributed by atoms with Crippen LogP contribution in [0.15, 0.2) is 24.3 Å². The lowest BCUT2D eigenvalue weighted by Crippen LogP contribution is -2.47. The topological polar surface area (TPSA) is 143 Å². The number of aliphatic hydroxyl groups excluding tert-OH is 1. The molecule has 2 atom stereocenters. The normalized spacial score (nSPS) is 13.1. The van der Waals surface area contributed by atoms with Crippen LogP contribution >= 0.6 is 11.6 Å². The van der Waals surface area contributed by atoms with Crippen molar-refractivity contribution in [1.82, 2.24) is 20.2 Å². The number of ether oxygens (including phenoxy) is 1. The van der Waals surface area contributed by atoms with E-state index in [-0.39, 0.29) is 22.6 Å². The Hall–Kier alpha value is -2.95. The number of nitrogens with zero attached hydrogens (tertiary/aromatic N) is 3. The van der Waals surface area contributed by atoms with Crippen molar-refractivity contribution in [3.05, 3.63) is 46.4 Å². The van der Waals surface area contributed by atoms with Gasteiger partial charge in [0.05, 0.1) is 5.69 Å².